The maximum atomic E-state index is 12.6. The Balaban J connectivity index is 2.44. The second-order valence-corrected chi connectivity index (χ2v) is 6.61. The van der Waals surface area contributed by atoms with Crippen molar-refractivity contribution in [3.8, 4) is 0 Å². The van der Waals surface area contributed by atoms with Crippen molar-refractivity contribution in [3.63, 3.8) is 0 Å². The van der Waals surface area contributed by atoms with Crippen molar-refractivity contribution in [2.24, 2.45) is 0 Å². The molecule has 0 aliphatic carbocycles. The summed E-state index contributed by atoms with van der Waals surface area (Å²) in [6, 6.07) is 19.2. The highest BCUT2D eigenvalue weighted by Crippen LogP contribution is 2.47. The minimum Gasteiger partial charge on any atom is -0.479 e. The van der Waals surface area contributed by atoms with Gasteiger partial charge in [-0.1, -0.05) is 60.7 Å². The van der Waals surface area contributed by atoms with E-state index in [9.17, 15) is 15.0 Å². The van der Waals surface area contributed by atoms with E-state index in [0.29, 0.717) is 22.5 Å². The zero-order valence-corrected chi connectivity index (χ0v) is 16.0. The molecule has 1 heterocycles. The van der Waals surface area contributed by atoms with Crippen LogP contribution in [0, 0.1) is 13.8 Å². The van der Waals surface area contributed by atoms with E-state index in [4.69, 9.17) is 4.74 Å². The van der Waals surface area contributed by atoms with Crippen LogP contribution in [0.4, 0.5) is 0 Å². The highest BCUT2D eigenvalue weighted by Gasteiger charge is 2.62. The summed E-state index contributed by atoms with van der Waals surface area (Å²) in [5, 5.41) is 22.0. The van der Waals surface area contributed by atoms with E-state index in [-0.39, 0.29) is 5.82 Å². The van der Waals surface area contributed by atoms with Crippen LogP contribution in [0.3, 0.4) is 0 Å². The van der Waals surface area contributed by atoms with Crippen LogP contribution in [-0.4, -0.2) is 33.3 Å². The lowest BCUT2D eigenvalue weighted by Gasteiger charge is -2.43. The van der Waals surface area contributed by atoms with Gasteiger partial charge in [-0.2, -0.15) is 0 Å². The number of hydrogen-bond donors (Lipinski definition) is 2. The standard InChI is InChI=1S/C22H22N2O4/c1-15-14-16(2)24-19(23-15)21(27,20(25)26)22(28-3,17-10-6-4-7-11-17)18-12-8-5-9-13-18/h4-14,27H,1-3H3,(H,25,26). The highest BCUT2D eigenvalue weighted by atomic mass is 16.5. The second-order valence-electron chi connectivity index (χ2n) is 6.61. The lowest BCUT2D eigenvalue weighted by Crippen LogP contribution is -2.57. The van der Waals surface area contributed by atoms with Crippen molar-refractivity contribution >= 4 is 5.97 Å². The van der Waals surface area contributed by atoms with Gasteiger partial charge in [0.15, 0.2) is 11.4 Å². The number of aromatic nitrogens is 2. The number of carbonyl (C=O) groups is 1. The Labute approximate surface area is 163 Å². The van der Waals surface area contributed by atoms with Crippen molar-refractivity contribution in [1.82, 2.24) is 9.97 Å². The highest BCUT2D eigenvalue weighted by molar-refractivity contribution is 5.81. The van der Waals surface area contributed by atoms with E-state index in [1.807, 2.05) is 12.1 Å². The number of aliphatic carboxylic acids is 1. The molecule has 0 aliphatic heterocycles. The number of carboxylic acids is 1. The Morgan fingerprint density at radius 1 is 0.893 bits per heavy atom. The predicted molar refractivity (Wildman–Crippen MR) is 104 cm³/mol. The van der Waals surface area contributed by atoms with Gasteiger partial charge in [-0.15, -0.1) is 0 Å². The van der Waals surface area contributed by atoms with Crippen molar-refractivity contribution in [1.29, 1.82) is 0 Å². The molecule has 2 aromatic carbocycles. The van der Waals surface area contributed by atoms with Crippen LogP contribution in [-0.2, 0) is 20.7 Å². The van der Waals surface area contributed by atoms with Crippen LogP contribution in [0.25, 0.3) is 0 Å². The van der Waals surface area contributed by atoms with Crippen LogP contribution in [0.15, 0.2) is 66.7 Å². The summed E-state index contributed by atoms with van der Waals surface area (Å²) in [5.74, 6) is -1.74. The van der Waals surface area contributed by atoms with Crippen LogP contribution in [0.1, 0.15) is 28.3 Å². The molecule has 3 aromatic rings. The smallest absolute Gasteiger partial charge is 0.347 e. The first-order chi connectivity index (χ1) is 13.4. The van der Waals surface area contributed by atoms with Crippen molar-refractivity contribution in [2.75, 3.05) is 7.11 Å². The SMILES string of the molecule is COC(c1ccccc1)(c1ccccc1)C(O)(C(=O)O)c1nc(C)cc(C)n1. The van der Waals surface area contributed by atoms with Gasteiger partial charge in [0.05, 0.1) is 0 Å². The molecule has 6 heteroatoms. The van der Waals surface area contributed by atoms with E-state index in [0.717, 1.165) is 0 Å². The summed E-state index contributed by atoms with van der Waals surface area (Å²) in [4.78, 5) is 21.1. The quantitative estimate of drug-likeness (QED) is 0.685. The van der Waals surface area contributed by atoms with Gasteiger partial charge in [-0.25, -0.2) is 14.8 Å². The van der Waals surface area contributed by atoms with Gasteiger partial charge in [-0.05, 0) is 31.0 Å². The number of aryl methyl sites for hydroxylation is 2. The Hall–Kier alpha value is -3.09. The molecule has 2 N–H and O–H groups in total. The number of hydrogen-bond acceptors (Lipinski definition) is 5. The molecule has 0 amide bonds. The zero-order valence-electron chi connectivity index (χ0n) is 16.0. The number of aliphatic hydroxyl groups is 1. The molecule has 0 fully saturated rings. The molecule has 6 nitrogen and oxygen atoms in total. The number of methoxy groups -OCH3 is 1. The molecule has 144 valence electrons. The average molecular weight is 378 g/mol. The fourth-order valence-electron chi connectivity index (χ4n) is 3.60. The Morgan fingerprint density at radius 2 is 1.32 bits per heavy atom. The molecule has 28 heavy (non-hydrogen) atoms. The average Bonchev–Trinajstić information content (AvgIpc) is 2.69. The molecule has 1 unspecified atom stereocenters. The topological polar surface area (TPSA) is 92.5 Å². The van der Waals surface area contributed by atoms with Crippen LogP contribution >= 0.6 is 0 Å². The van der Waals surface area contributed by atoms with Gasteiger partial charge in [0.25, 0.3) is 5.60 Å². The Bertz CT molecular complexity index is 917. The zero-order chi connectivity index (χ0) is 20.4. The summed E-state index contributed by atoms with van der Waals surface area (Å²) in [5.41, 5.74) is -2.32. The maximum Gasteiger partial charge on any atom is 0.347 e. The van der Waals surface area contributed by atoms with E-state index >= 15 is 0 Å². The Morgan fingerprint density at radius 3 is 1.68 bits per heavy atom. The molecule has 1 atom stereocenters. The maximum absolute atomic E-state index is 12.6. The predicted octanol–water partition coefficient (Wildman–Crippen LogP) is 2.96. The third-order valence-electron chi connectivity index (χ3n) is 4.79. The van der Waals surface area contributed by atoms with E-state index in [1.165, 1.54) is 7.11 Å². The minimum absolute atomic E-state index is 0.230. The third-order valence-corrected chi connectivity index (χ3v) is 4.79. The fraction of sp³-hybridized carbons (Fsp3) is 0.227. The number of carboxylic acid groups (broad SMARTS) is 1. The molecule has 0 spiro atoms. The van der Waals surface area contributed by atoms with Gasteiger partial charge in [0.1, 0.15) is 0 Å². The lowest BCUT2D eigenvalue weighted by atomic mass is 9.71. The first-order valence-corrected chi connectivity index (χ1v) is 8.81. The summed E-state index contributed by atoms with van der Waals surface area (Å²) in [7, 11) is 1.37. The van der Waals surface area contributed by atoms with Crippen LogP contribution < -0.4 is 0 Å². The normalized spacial score (nSPS) is 13.7. The van der Waals surface area contributed by atoms with Crippen LogP contribution in [0.2, 0.25) is 0 Å². The fourth-order valence-corrected chi connectivity index (χ4v) is 3.60. The summed E-state index contributed by atoms with van der Waals surface area (Å²) in [6.07, 6.45) is 0. The van der Waals surface area contributed by atoms with E-state index in [2.05, 4.69) is 9.97 Å². The number of benzene rings is 2. The Kier molecular flexibility index (Phi) is 5.27. The summed E-state index contributed by atoms with van der Waals surface area (Å²) in [6.45, 7) is 3.44. The minimum atomic E-state index is -2.58. The second kappa shape index (κ2) is 7.50. The molecular formula is C22H22N2O4. The summed E-state index contributed by atoms with van der Waals surface area (Å²) >= 11 is 0. The molecule has 3 rings (SSSR count). The molecule has 1 aromatic heterocycles. The molecular weight excluding hydrogens is 356 g/mol. The van der Waals surface area contributed by atoms with Crippen LogP contribution in [0.5, 0.6) is 0 Å². The van der Waals surface area contributed by atoms with Crippen molar-refractivity contribution in [2.45, 2.75) is 25.0 Å². The van der Waals surface area contributed by atoms with Gasteiger partial charge in [0.2, 0.25) is 0 Å². The van der Waals surface area contributed by atoms with E-state index in [1.54, 1.807) is 68.4 Å². The largest absolute Gasteiger partial charge is 0.479 e. The molecule has 0 bridgehead atoms. The van der Waals surface area contributed by atoms with Gasteiger partial charge in [-0.3, -0.25) is 0 Å². The number of nitrogens with zero attached hydrogens (tertiary/aromatic N) is 2. The first kappa shape index (κ1) is 19.7. The molecule has 0 aliphatic rings. The molecule has 0 saturated carbocycles. The summed E-state index contributed by atoms with van der Waals surface area (Å²) < 4.78 is 5.86. The first-order valence-electron chi connectivity index (χ1n) is 8.81. The molecule has 0 radical (unpaired) electrons. The number of ether oxygens (including phenoxy) is 1. The molecule has 0 saturated heterocycles. The van der Waals surface area contributed by atoms with E-state index < -0.39 is 17.2 Å². The third kappa shape index (κ3) is 2.96. The van der Waals surface area contributed by atoms with Gasteiger partial charge in [0, 0.05) is 18.5 Å². The number of rotatable bonds is 6. The van der Waals surface area contributed by atoms with Crippen molar-refractivity contribution < 1.29 is 19.7 Å². The van der Waals surface area contributed by atoms with Gasteiger partial charge >= 0.3 is 5.97 Å². The van der Waals surface area contributed by atoms with Gasteiger partial charge < -0.3 is 14.9 Å². The monoisotopic (exact) mass is 378 g/mol. The lowest BCUT2D eigenvalue weighted by molar-refractivity contribution is -0.199. The van der Waals surface area contributed by atoms with Crippen molar-refractivity contribution in [3.05, 3.63) is 95.1 Å².